The van der Waals surface area contributed by atoms with E-state index in [1.165, 1.54) is 12.3 Å². The van der Waals surface area contributed by atoms with Gasteiger partial charge in [-0.3, -0.25) is 14.6 Å². The molecule has 0 bridgehead atoms. The summed E-state index contributed by atoms with van der Waals surface area (Å²) >= 11 is 6.68. The molecule has 3 rings (SSSR count). The molecule has 26 heavy (non-hydrogen) atoms. The first-order valence-corrected chi connectivity index (χ1v) is 9.20. The van der Waals surface area contributed by atoms with Gasteiger partial charge in [-0.2, -0.15) is 0 Å². The summed E-state index contributed by atoms with van der Waals surface area (Å²) in [6.07, 6.45) is 1.38. The number of hydrogen-bond acceptors (Lipinski definition) is 3. The Hall–Kier alpha value is -2.51. The molecule has 1 aromatic heterocycles. The normalized spacial score (nSPS) is 10.2. The number of carbonyl (C=O) groups excluding carboxylic acids is 2. The lowest BCUT2D eigenvalue weighted by Gasteiger charge is -2.07. The molecule has 2 amide bonds. The first-order valence-electron chi connectivity index (χ1n) is 7.61. The molecule has 130 valence electrons. The Morgan fingerprint density at radius 2 is 1.19 bits per heavy atom. The average Bonchev–Trinajstić information content (AvgIpc) is 2.65. The van der Waals surface area contributed by atoms with E-state index in [1.54, 1.807) is 30.3 Å². The van der Waals surface area contributed by atoms with E-state index in [0.29, 0.717) is 16.9 Å². The highest BCUT2D eigenvalue weighted by molar-refractivity contribution is 9.10. The second-order valence-corrected chi connectivity index (χ2v) is 7.19. The summed E-state index contributed by atoms with van der Waals surface area (Å²) in [5.41, 5.74) is 1.94. The maximum atomic E-state index is 12.2. The molecule has 5 nitrogen and oxygen atoms in total. The van der Waals surface area contributed by atoms with Crippen LogP contribution in [0, 0.1) is 0 Å². The molecule has 3 aromatic rings. The Bertz CT molecular complexity index is 846. The smallest absolute Gasteiger partial charge is 0.274 e. The standard InChI is InChI=1S/C19H13Br2N3O2/c20-13-2-6-15(7-3-13)23-18(25)12-1-10-17(22-11-12)19(26)24-16-8-4-14(21)5-9-16/h1-11H,(H,23,25)(H,24,26). The van der Waals surface area contributed by atoms with Gasteiger partial charge in [-0.05, 0) is 60.7 Å². The SMILES string of the molecule is O=C(Nc1ccc(Br)cc1)c1ccc(C(=O)Nc2ccc(Br)cc2)nc1. The molecule has 2 N–H and O–H groups in total. The third-order valence-electron chi connectivity index (χ3n) is 3.46. The van der Waals surface area contributed by atoms with Crippen LogP contribution in [-0.4, -0.2) is 16.8 Å². The highest BCUT2D eigenvalue weighted by Gasteiger charge is 2.11. The van der Waals surface area contributed by atoms with Crippen LogP contribution in [0.1, 0.15) is 20.8 Å². The molecule has 0 atom stereocenters. The third kappa shape index (κ3) is 4.77. The fraction of sp³-hybridized carbons (Fsp3) is 0. The van der Waals surface area contributed by atoms with Crippen molar-refractivity contribution in [3.63, 3.8) is 0 Å². The van der Waals surface area contributed by atoms with Crippen molar-refractivity contribution in [3.8, 4) is 0 Å². The largest absolute Gasteiger partial charge is 0.322 e. The van der Waals surface area contributed by atoms with Crippen LogP contribution in [0.5, 0.6) is 0 Å². The van der Waals surface area contributed by atoms with Gasteiger partial charge < -0.3 is 10.6 Å². The van der Waals surface area contributed by atoms with Crippen molar-refractivity contribution in [2.75, 3.05) is 10.6 Å². The zero-order valence-electron chi connectivity index (χ0n) is 13.4. The lowest BCUT2D eigenvalue weighted by Crippen LogP contribution is -2.16. The molecule has 0 radical (unpaired) electrons. The average molecular weight is 475 g/mol. The molecular formula is C19H13Br2N3O2. The van der Waals surface area contributed by atoms with Crippen LogP contribution in [0.25, 0.3) is 0 Å². The van der Waals surface area contributed by atoms with E-state index in [2.05, 4.69) is 47.5 Å². The number of aromatic nitrogens is 1. The molecule has 0 aliphatic rings. The van der Waals surface area contributed by atoms with Crippen LogP contribution in [0.2, 0.25) is 0 Å². The molecular weight excluding hydrogens is 462 g/mol. The van der Waals surface area contributed by atoms with Gasteiger partial charge in [0.2, 0.25) is 0 Å². The van der Waals surface area contributed by atoms with E-state index < -0.39 is 0 Å². The second-order valence-electron chi connectivity index (χ2n) is 5.35. The van der Waals surface area contributed by atoms with E-state index in [9.17, 15) is 9.59 Å². The quantitative estimate of drug-likeness (QED) is 0.551. The van der Waals surface area contributed by atoms with Crippen LogP contribution < -0.4 is 10.6 Å². The Morgan fingerprint density at radius 1 is 0.692 bits per heavy atom. The molecule has 0 saturated heterocycles. The minimum atomic E-state index is -0.341. The zero-order chi connectivity index (χ0) is 18.5. The lowest BCUT2D eigenvalue weighted by molar-refractivity contribution is 0.101. The number of nitrogens with zero attached hydrogens (tertiary/aromatic N) is 1. The molecule has 0 aliphatic carbocycles. The Labute approximate surface area is 167 Å². The number of nitrogens with one attached hydrogen (secondary N) is 2. The van der Waals surface area contributed by atoms with Crippen molar-refractivity contribution in [3.05, 3.63) is 87.1 Å². The van der Waals surface area contributed by atoms with Crippen molar-refractivity contribution in [1.82, 2.24) is 4.98 Å². The molecule has 0 aliphatic heterocycles. The van der Waals surface area contributed by atoms with Gasteiger partial charge in [-0.25, -0.2) is 0 Å². The third-order valence-corrected chi connectivity index (χ3v) is 4.52. The van der Waals surface area contributed by atoms with Gasteiger partial charge in [-0.1, -0.05) is 31.9 Å². The number of rotatable bonds is 4. The lowest BCUT2D eigenvalue weighted by atomic mass is 10.2. The Morgan fingerprint density at radius 3 is 1.65 bits per heavy atom. The number of anilines is 2. The number of carbonyl (C=O) groups is 2. The fourth-order valence-corrected chi connectivity index (χ4v) is 2.66. The predicted molar refractivity (Wildman–Crippen MR) is 108 cm³/mol. The van der Waals surface area contributed by atoms with Gasteiger partial charge >= 0.3 is 0 Å². The van der Waals surface area contributed by atoms with Gasteiger partial charge in [0, 0.05) is 26.5 Å². The molecule has 0 saturated carbocycles. The first kappa shape index (κ1) is 18.3. The molecule has 1 heterocycles. The van der Waals surface area contributed by atoms with Crippen LogP contribution >= 0.6 is 31.9 Å². The van der Waals surface area contributed by atoms with E-state index in [0.717, 1.165) is 8.95 Å². The maximum absolute atomic E-state index is 12.2. The summed E-state index contributed by atoms with van der Waals surface area (Å²) < 4.78 is 1.85. The van der Waals surface area contributed by atoms with Gasteiger partial charge in [0.15, 0.2) is 0 Å². The minimum absolute atomic E-state index is 0.230. The summed E-state index contributed by atoms with van der Waals surface area (Å²) in [5, 5.41) is 5.53. The highest BCUT2D eigenvalue weighted by atomic mass is 79.9. The maximum Gasteiger partial charge on any atom is 0.274 e. The molecule has 2 aromatic carbocycles. The summed E-state index contributed by atoms with van der Waals surface area (Å²) in [5.74, 6) is -0.633. The summed E-state index contributed by atoms with van der Waals surface area (Å²) in [6, 6.07) is 17.6. The number of pyridine rings is 1. The van der Waals surface area contributed by atoms with E-state index in [1.807, 2.05) is 24.3 Å². The zero-order valence-corrected chi connectivity index (χ0v) is 16.5. The molecule has 0 fully saturated rings. The first-order chi connectivity index (χ1) is 12.5. The van der Waals surface area contributed by atoms with Gasteiger partial charge in [0.1, 0.15) is 5.69 Å². The number of halogens is 2. The predicted octanol–water partition coefficient (Wildman–Crippen LogP) is 5.11. The summed E-state index contributed by atoms with van der Waals surface area (Å²) in [4.78, 5) is 28.5. The summed E-state index contributed by atoms with van der Waals surface area (Å²) in [7, 11) is 0. The molecule has 0 unspecified atom stereocenters. The van der Waals surface area contributed by atoms with Crippen molar-refractivity contribution >= 4 is 55.0 Å². The second kappa shape index (κ2) is 8.25. The van der Waals surface area contributed by atoms with Gasteiger partial charge in [-0.15, -0.1) is 0 Å². The highest BCUT2D eigenvalue weighted by Crippen LogP contribution is 2.16. The number of benzene rings is 2. The Balaban J connectivity index is 1.65. The van der Waals surface area contributed by atoms with Crippen molar-refractivity contribution < 1.29 is 9.59 Å². The van der Waals surface area contributed by atoms with E-state index >= 15 is 0 Å². The van der Waals surface area contributed by atoms with Gasteiger partial charge in [0.25, 0.3) is 11.8 Å². The van der Waals surface area contributed by atoms with Crippen LogP contribution in [-0.2, 0) is 0 Å². The van der Waals surface area contributed by atoms with Crippen molar-refractivity contribution in [1.29, 1.82) is 0 Å². The Kier molecular flexibility index (Phi) is 5.80. The van der Waals surface area contributed by atoms with Crippen molar-refractivity contribution in [2.24, 2.45) is 0 Å². The van der Waals surface area contributed by atoms with E-state index in [4.69, 9.17) is 0 Å². The van der Waals surface area contributed by atoms with Crippen LogP contribution in [0.4, 0.5) is 11.4 Å². The van der Waals surface area contributed by atoms with Crippen LogP contribution in [0.15, 0.2) is 75.8 Å². The number of hydrogen-bond donors (Lipinski definition) is 2. The number of amides is 2. The summed E-state index contributed by atoms with van der Waals surface area (Å²) in [6.45, 7) is 0. The minimum Gasteiger partial charge on any atom is -0.322 e. The van der Waals surface area contributed by atoms with Crippen molar-refractivity contribution in [2.45, 2.75) is 0 Å². The fourth-order valence-electron chi connectivity index (χ4n) is 2.13. The topological polar surface area (TPSA) is 71.1 Å². The van der Waals surface area contributed by atoms with Gasteiger partial charge in [0.05, 0.1) is 5.56 Å². The molecule has 0 spiro atoms. The van der Waals surface area contributed by atoms with Crippen LogP contribution in [0.3, 0.4) is 0 Å². The monoisotopic (exact) mass is 473 g/mol. The molecule has 7 heteroatoms. The van der Waals surface area contributed by atoms with E-state index in [-0.39, 0.29) is 17.5 Å².